The Morgan fingerprint density at radius 3 is 2.62 bits per heavy atom. The number of rotatable bonds is 10. The summed E-state index contributed by atoms with van der Waals surface area (Å²) in [4.78, 5) is 31.2. The number of hydrogen-bond acceptors (Lipinski definition) is 6. The molecule has 1 amide bonds. The lowest BCUT2D eigenvalue weighted by Gasteiger charge is -2.28. The lowest BCUT2D eigenvalue weighted by Crippen LogP contribution is -2.37. The average molecular weight is 463 g/mol. The number of hydrogen-bond donors (Lipinski definition) is 0. The van der Waals surface area contributed by atoms with Crippen LogP contribution in [0.2, 0.25) is 0 Å². The maximum Gasteiger partial charge on any atom is 0.290 e. The van der Waals surface area contributed by atoms with Gasteiger partial charge in [-0.2, -0.15) is 0 Å². The molecule has 34 heavy (non-hydrogen) atoms. The Kier molecular flexibility index (Phi) is 7.03. The smallest absolute Gasteiger partial charge is 0.290 e. The molecule has 4 rings (SSSR count). The Balaban J connectivity index is 1.85. The third kappa shape index (κ3) is 4.31. The SMILES string of the molecule is C=CCOc1cccc(C2c3c(oc4cc(OC)ccc4c3=O)C(=O)N2CCN(CC)CC)c1. The maximum absolute atomic E-state index is 13.7. The average Bonchev–Trinajstić information content (AvgIpc) is 3.15. The summed E-state index contributed by atoms with van der Waals surface area (Å²) < 4.78 is 17.0. The molecule has 0 bridgehead atoms. The van der Waals surface area contributed by atoms with E-state index in [-0.39, 0.29) is 17.1 Å². The summed E-state index contributed by atoms with van der Waals surface area (Å²) in [6.07, 6.45) is 1.67. The molecule has 0 aliphatic carbocycles. The van der Waals surface area contributed by atoms with Gasteiger partial charge in [-0.15, -0.1) is 0 Å². The molecule has 0 fully saturated rings. The van der Waals surface area contributed by atoms with Crippen LogP contribution in [0, 0.1) is 0 Å². The minimum Gasteiger partial charge on any atom is -0.497 e. The molecule has 0 saturated carbocycles. The largest absolute Gasteiger partial charge is 0.497 e. The summed E-state index contributed by atoms with van der Waals surface area (Å²) in [5, 5.41) is 0.419. The first-order chi connectivity index (χ1) is 16.5. The van der Waals surface area contributed by atoms with Crippen molar-refractivity contribution in [2.75, 3.05) is 39.9 Å². The highest BCUT2D eigenvalue weighted by Gasteiger charge is 2.42. The van der Waals surface area contributed by atoms with Gasteiger partial charge in [0.05, 0.1) is 24.1 Å². The van der Waals surface area contributed by atoms with Crippen LogP contribution in [0.5, 0.6) is 11.5 Å². The van der Waals surface area contributed by atoms with E-state index in [4.69, 9.17) is 13.9 Å². The zero-order valence-electron chi connectivity index (χ0n) is 19.9. The van der Waals surface area contributed by atoms with Gasteiger partial charge in [-0.05, 0) is 42.9 Å². The van der Waals surface area contributed by atoms with Gasteiger partial charge in [0.2, 0.25) is 5.76 Å². The van der Waals surface area contributed by atoms with Crippen molar-refractivity contribution in [3.05, 3.63) is 82.2 Å². The van der Waals surface area contributed by atoms with Crippen LogP contribution in [0.3, 0.4) is 0 Å². The Morgan fingerprint density at radius 2 is 1.91 bits per heavy atom. The second kappa shape index (κ2) is 10.1. The molecule has 0 N–H and O–H groups in total. The quantitative estimate of drug-likeness (QED) is 0.420. The second-order valence-electron chi connectivity index (χ2n) is 8.14. The highest BCUT2D eigenvalue weighted by molar-refractivity contribution is 5.99. The molecule has 0 radical (unpaired) electrons. The number of carbonyl (C=O) groups excluding carboxylic acids is 1. The number of methoxy groups -OCH3 is 1. The predicted octanol–water partition coefficient (Wildman–Crippen LogP) is 4.25. The second-order valence-corrected chi connectivity index (χ2v) is 8.14. The number of fused-ring (bicyclic) bond motifs is 2. The molecule has 0 spiro atoms. The molecule has 1 aliphatic heterocycles. The summed E-state index contributed by atoms with van der Waals surface area (Å²) >= 11 is 0. The standard InChI is InChI=1S/C27H30N2O5/c1-5-15-33-20-10-8-9-18(16-20)24-23-25(30)21-12-11-19(32-4)17-22(21)34-26(23)27(31)29(24)14-13-28(6-2)7-3/h5,8-12,16-17,24H,1,6-7,13-15H2,2-4H3. The topological polar surface area (TPSA) is 72.2 Å². The maximum atomic E-state index is 13.7. The molecule has 7 heteroatoms. The van der Waals surface area contributed by atoms with E-state index in [2.05, 4.69) is 25.3 Å². The van der Waals surface area contributed by atoms with Crippen molar-refractivity contribution in [2.45, 2.75) is 19.9 Å². The minimum atomic E-state index is -0.562. The fraction of sp³-hybridized carbons (Fsp3) is 0.333. The van der Waals surface area contributed by atoms with Crippen molar-refractivity contribution < 1.29 is 18.7 Å². The summed E-state index contributed by atoms with van der Waals surface area (Å²) in [7, 11) is 1.55. The van der Waals surface area contributed by atoms with E-state index in [1.165, 1.54) is 0 Å². The van der Waals surface area contributed by atoms with Gasteiger partial charge in [-0.1, -0.05) is 38.6 Å². The van der Waals surface area contributed by atoms with Crippen LogP contribution in [-0.2, 0) is 0 Å². The molecule has 3 aromatic rings. The van der Waals surface area contributed by atoms with Gasteiger partial charge in [0.1, 0.15) is 23.7 Å². The third-order valence-electron chi connectivity index (χ3n) is 6.27. The van der Waals surface area contributed by atoms with E-state index < -0.39 is 6.04 Å². The molecule has 1 unspecified atom stereocenters. The number of carbonyl (C=O) groups is 1. The fourth-order valence-corrected chi connectivity index (χ4v) is 4.42. The first-order valence-corrected chi connectivity index (χ1v) is 11.5. The Morgan fingerprint density at radius 1 is 1.12 bits per heavy atom. The van der Waals surface area contributed by atoms with E-state index in [1.807, 2.05) is 24.3 Å². The van der Waals surface area contributed by atoms with Gasteiger partial charge >= 0.3 is 0 Å². The minimum absolute atomic E-state index is 0.0905. The Bertz CT molecular complexity index is 1260. The molecule has 1 aromatic heterocycles. The van der Waals surface area contributed by atoms with Crippen molar-refractivity contribution in [2.24, 2.45) is 0 Å². The number of ether oxygens (including phenoxy) is 2. The highest BCUT2D eigenvalue weighted by Crippen LogP contribution is 2.39. The Hall–Kier alpha value is -3.58. The number of likely N-dealkylation sites (N-methyl/N-ethyl adjacent to an activating group) is 1. The molecular weight excluding hydrogens is 432 g/mol. The number of nitrogens with zero attached hydrogens (tertiary/aromatic N) is 2. The Labute approximate surface area is 199 Å². The molecule has 0 saturated heterocycles. The number of benzene rings is 2. The summed E-state index contributed by atoms with van der Waals surface area (Å²) in [6.45, 7) is 11.1. The van der Waals surface area contributed by atoms with Gasteiger partial charge in [-0.3, -0.25) is 9.59 Å². The molecule has 2 aromatic carbocycles. The van der Waals surface area contributed by atoms with Gasteiger partial charge in [0.15, 0.2) is 5.43 Å². The first kappa shape index (κ1) is 23.6. The summed E-state index contributed by atoms with van der Waals surface area (Å²) in [5.41, 5.74) is 1.29. The van der Waals surface area contributed by atoms with E-state index in [9.17, 15) is 9.59 Å². The van der Waals surface area contributed by atoms with E-state index in [0.29, 0.717) is 47.7 Å². The highest BCUT2D eigenvalue weighted by atomic mass is 16.5. The van der Waals surface area contributed by atoms with Crippen molar-refractivity contribution in [3.63, 3.8) is 0 Å². The van der Waals surface area contributed by atoms with Crippen LogP contribution in [-0.4, -0.2) is 55.6 Å². The van der Waals surface area contributed by atoms with Crippen LogP contribution >= 0.6 is 0 Å². The van der Waals surface area contributed by atoms with E-state index in [0.717, 1.165) is 18.7 Å². The summed E-state index contributed by atoms with van der Waals surface area (Å²) in [5.74, 6) is 1.01. The molecule has 1 atom stereocenters. The van der Waals surface area contributed by atoms with Gasteiger partial charge in [0, 0.05) is 19.2 Å². The third-order valence-corrected chi connectivity index (χ3v) is 6.27. The number of amides is 1. The van der Waals surface area contributed by atoms with Crippen LogP contribution in [0.4, 0.5) is 0 Å². The predicted molar refractivity (Wildman–Crippen MR) is 132 cm³/mol. The lowest BCUT2D eigenvalue weighted by atomic mass is 9.98. The van der Waals surface area contributed by atoms with Gasteiger partial charge in [-0.25, -0.2) is 0 Å². The summed E-state index contributed by atoms with van der Waals surface area (Å²) in [6, 6.07) is 12.0. The lowest BCUT2D eigenvalue weighted by molar-refractivity contribution is 0.0708. The van der Waals surface area contributed by atoms with Crippen LogP contribution in [0.1, 0.15) is 41.6 Å². The van der Waals surface area contributed by atoms with Gasteiger partial charge < -0.3 is 23.7 Å². The zero-order chi connectivity index (χ0) is 24.2. The molecular formula is C27H30N2O5. The van der Waals surface area contributed by atoms with Gasteiger partial charge in [0.25, 0.3) is 5.91 Å². The van der Waals surface area contributed by atoms with Crippen molar-refractivity contribution in [3.8, 4) is 11.5 Å². The van der Waals surface area contributed by atoms with Crippen LogP contribution in [0.25, 0.3) is 11.0 Å². The molecule has 1 aliphatic rings. The zero-order valence-corrected chi connectivity index (χ0v) is 19.9. The monoisotopic (exact) mass is 462 g/mol. The first-order valence-electron chi connectivity index (χ1n) is 11.5. The van der Waals surface area contributed by atoms with E-state index in [1.54, 1.807) is 36.3 Å². The van der Waals surface area contributed by atoms with E-state index >= 15 is 0 Å². The molecule has 178 valence electrons. The molecule has 7 nitrogen and oxygen atoms in total. The van der Waals surface area contributed by atoms with Crippen LogP contribution < -0.4 is 14.9 Å². The fourth-order valence-electron chi connectivity index (χ4n) is 4.42. The van der Waals surface area contributed by atoms with Crippen LogP contribution in [0.15, 0.2) is 64.3 Å². The molecule has 2 heterocycles. The van der Waals surface area contributed by atoms with Crippen molar-refractivity contribution >= 4 is 16.9 Å². The normalized spacial score (nSPS) is 15.1. The van der Waals surface area contributed by atoms with Crippen molar-refractivity contribution in [1.82, 2.24) is 9.80 Å². The van der Waals surface area contributed by atoms with Crippen molar-refractivity contribution in [1.29, 1.82) is 0 Å².